The van der Waals surface area contributed by atoms with E-state index in [0.717, 1.165) is 12.8 Å². The fourth-order valence-corrected chi connectivity index (χ4v) is 5.65. The zero-order valence-electron chi connectivity index (χ0n) is 20.8. The molecule has 1 aliphatic carbocycles. The molecule has 4 aromatic rings. The number of hydrogen-bond acceptors (Lipinski definition) is 4. The van der Waals surface area contributed by atoms with Gasteiger partial charge in [-0.15, -0.1) is 10.2 Å². The van der Waals surface area contributed by atoms with Crippen LogP contribution in [0.4, 0.5) is 0 Å². The molecule has 0 saturated carbocycles. The highest BCUT2D eigenvalue weighted by atomic mass is 35.7. The van der Waals surface area contributed by atoms with E-state index in [0.29, 0.717) is 0 Å². The second-order valence-electron chi connectivity index (χ2n) is 9.93. The third-order valence-corrected chi connectivity index (χ3v) is 7.22. The molecule has 0 bridgehead atoms. The van der Waals surface area contributed by atoms with E-state index in [2.05, 4.69) is 115 Å². The lowest BCUT2D eigenvalue weighted by Crippen LogP contribution is -2.68. The van der Waals surface area contributed by atoms with Crippen LogP contribution < -0.4 is 23.2 Å². The summed E-state index contributed by atoms with van der Waals surface area (Å²) in [6.45, 7) is 4.74. The lowest BCUT2D eigenvalue weighted by atomic mass is 9.80. The number of rotatable bonds is 2. The fraction of sp³-hybridized carbons (Fsp3) is 0.194. The Morgan fingerprint density at radius 3 is 2.05 bits per heavy atom. The van der Waals surface area contributed by atoms with Crippen LogP contribution in [-0.2, 0) is 11.8 Å². The number of allylic oxidation sites excluding steroid dienone is 1. The van der Waals surface area contributed by atoms with E-state index in [-0.39, 0.29) is 5.41 Å². The molecule has 2 heterocycles. The van der Waals surface area contributed by atoms with Gasteiger partial charge in [-0.2, -0.15) is 4.57 Å². The van der Waals surface area contributed by atoms with Crippen molar-refractivity contribution in [3.05, 3.63) is 119 Å². The topological polar surface area (TPSA) is 96.1 Å². The van der Waals surface area contributed by atoms with E-state index < -0.39 is 10.2 Å². The van der Waals surface area contributed by atoms with Gasteiger partial charge in [0, 0.05) is 28.8 Å². The molecule has 0 atom stereocenters. The van der Waals surface area contributed by atoms with E-state index >= 15 is 0 Å². The maximum Gasteiger partial charge on any atom is 0.218 e. The molecule has 0 spiro atoms. The molecule has 0 unspecified atom stereocenters. The van der Waals surface area contributed by atoms with Crippen LogP contribution >= 0.6 is 0 Å². The highest BCUT2D eigenvalue weighted by molar-refractivity contribution is 5.85. The zero-order chi connectivity index (χ0) is 26.2. The second kappa shape index (κ2) is 9.86. The SMILES string of the molecule is CC1(C)c2ccccc2-[n+]2c1cc(-c1ccccc1)c1c2C(=Cc2ccccc2)CCC1.[O-][Cl+3]([O-])([O-])[O-]. The number of pyridine rings is 1. The minimum atomic E-state index is -4.94. The van der Waals surface area contributed by atoms with Crippen molar-refractivity contribution in [2.24, 2.45) is 0 Å². The monoisotopic (exact) mass is 513 g/mol. The van der Waals surface area contributed by atoms with Crippen LogP contribution in [0.5, 0.6) is 0 Å². The Hall–Kier alpha value is -3.32. The second-order valence-corrected chi connectivity index (χ2v) is 10.7. The van der Waals surface area contributed by atoms with Crippen molar-refractivity contribution in [1.29, 1.82) is 0 Å². The Bertz CT molecular complexity index is 1450. The van der Waals surface area contributed by atoms with E-state index in [1.807, 2.05) is 0 Å². The number of nitrogens with zero attached hydrogens (tertiary/aromatic N) is 1. The maximum atomic E-state index is 8.49. The summed E-state index contributed by atoms with van der Waals surface area (Å²) in [6, 6.07) is 33.2. The van der Waals surface area contributed by atoms with Gasteiger partial charge in [-0.25, -0.2) is 18.6 Å². The average molecular weight is 514 g/mol. The molecule has 188 valence electrons. The van der Waals surface area contributed by atoms with Gasteiger partial charge in [0.1, 0.15) is 0 Å². The summed E-state index contributed by atoms with van der Waals surface area (Å²) in [5.74, 6) is 0. The Kier molecular flexibility index (Phi) is 6.75. The molecule has 2 aliphatic rings. The predicted molar refractivity (Wildman–Crippen MR) is 133 cm³/mol. The van der Waals surface area contributed by atoms with Crippen molar-refractivity contribution in [3.8, 4) is 16.8 Å². The maximum absolute atomic E-state index is 8.49. The van der Waals surface area contributed by atoms with E-state index in [1.54, 1.807) is 0 Å². The molecule has 37 heavy (non-hydrogen) atoms. The quantitative estimate of drug-likeness (QED) is 0.384. The van der Waals surface area contributed by atoms with E-state index in [4.69, 9.17) is 18.6 Å². The van der Waals surface area contributed by atoms with Gasteiger partial charge >= 0.3 is 0 Å². The van der Waals surface area contributed by atoms with E-state index in [9.17, 15) is 0 Å². The molecule has 0 N–H and O–H groups in total. The molecule has 0 amide bonds. The van der Waals surface area contributed by atoms with Gasteiger partial charge < -0.3 is 0 Å². The molecule has 0 fully saturated rings. The van der Waals surface area contributed by atoms with Crippen molar-refractivity contribution < 1.29 is 33.4 Å². The van der Waals surface area contributed by atoms with Crippen molar-refractivity contribution in [2.75, 3.05) is 0 Å². The van der Waals surface area contributed by atoms with Gasteiger partial charge in [0.15, 0.2) is 5.69 Å². The van der Waals surface area contributed by atoms with Gasteiger partial charge in [-0.1, -0.05) is 78.9 Å². The predicted octanol–water partition coefficient (Wildman–Crippen LogP) is 2.39. The van der Waals surface area contributed by atoms with Crippen molar-refractivity contribution in [3.63, 3.8) is 0 Å². The molecule has 6 heteroatoms. The van der Waals surface area contributed by atoms with Crippen LogP contribution in [0.2, 0.25) is 0 Å². The molecule has 1 aromatic heterocycles. The average Bonchev–Trinajstić information content (AvgIpc) is 3.10. The van der Waals surface area contributed by atoms with Crippen molar-refractivity contribution in [1.82, 2.24) is 0 Å². The number of para-hydroxylation sites is 1. The van der Waals surface area contributed by atoms with Gasteiger partial charge in [-0.3, -0.25) is 0 Å². The van der Waals surface area contributed by atoms with Crippen molar-refractivity contribution >= 4 is 11.6 Å². The number of benzene rings is 3. The summed E-state index contributed by atoms with van der Waals surface area (Å²) in [6.07, 6.45) is 5.83. The first-order chi connectivity index (χ1) is 17.6. The largest absolute Gasteiger partial charge is 0.222 e. The summed E-state index contributed by atoms with van der Waals surface area (Å²) in [7, 11) is -4.94. The van der Waals surface area contributed by atoms with Crippen LogP contribution in [0.1, 0.15) is 54.8 Å². The molecule has 1 aliphatic heterocycles. The van der Waals surface area contributed by atoms with Gasteiger partial charge in [-0.05, 0) is 55.9 Å². The van der Waals surface area contributed by atoms with Crippen LogP contribution in [0, 0.1) is 10.2 Å². The summed E-state index contributed by atoms with van der Waals surface area (Å²) in [4.78, 5) is 0. The molecule has 0 radical (unpaired) electrons. The molecular weight excluding hydrogens is 486 g/mol. The number of aromatic nitrogens is 1. The third kappa shape index (κ3) is 5.10. The first-order valence-electron chi connectivity index (χ1n) is 12.3. The highest BCUT2D eigenvalue weighted by Gasteiger charge is 2.47. The standard InChI is InChI=1S/C31H28N.ClHO4/c1-31(2)27-18-9-10-19-28(27)32-29(31)21-26(23-14-7-4-8-15-23)25-17-11-16-24(30(25)32)20-22-12-5-3-6-13-22;2-1(3,4)5/h3-10,12-15,18-21H,11,16-17H2,1-2H3;(H,2,3,4,5)/q+1;/p-1. The first-order valence-corrected chi connectivity index (χ1v) is 13.5. The third-order valence-electron chi connectivity index (χ3n) is 7.22. The fourth-order valence-electron chi connectivity index (χ4n) is 5.65. The number of fused-ring (bicyclic) bond motifs is 5. The highest BCUT2D eigenvalue weighted by Crippen LogP contribution is 2.44. The van der Waals surface area contributed by atoms with Crippen LogP contribution in [0.25, 0.3) is 28.5 Å². The lowest BCUT2D eigenvalue weighted by molar-refractivity contribution is -2.00. The van der Waals surface area contributed by atoms with Crippen LogP contribution in [0.15, 0.2) is 91.0 Å². The Labute approximate surface area is 219 Å². The molecule has 6 rings (SSSR count). The van der Waals surface area contributed by atoms with Crippen molar-refractivity contribution in [2.45, 2.75) is 38.5 Å². The summed E-state index contributed by atoms with van der Waals surface area (Å²) in [5.41, 5.74) is 12.4. The summed E-state index contributed by atoms with van der Waals surface area (Å²) < 4.78 is 36.5. The normalized spacial score (nSPS) is 16.3. The van der Waals surface area contributed by atoms with Gasteiger partial charge in [0.2, 0.25) is 11.4 Å². The Morgan fingerprint density at radius 2 is 1.38 bits per heavy atom. The smallest absolute Gasteiger partial charge is 0.218 e. The number of hydrogen-bond donors (Lipinski definition) is 0. The van der Waals surface area contributed by atoms with E-state index in [1.165, 1.54) is 56.9 Å². The zero-order valence-corrected chi connectivity index (χ0v) is 21.6. The summed E-state index contributed by atoms with van der Waals surface area (Å²) >= 11 is 0. The van der Waals surface area contributed by atoms with Crippen LogP contribution in [0.3, 0.4) is 0 Å². The van der Waals surface area contributed by atoms with Gasteiger partial charge in [0.25, 0.3) is 0 Å². The summed E-state index contributed by atoms with van der Waals surface area (Å²) in [5, 5.41) is 0. The molecule has 5 nitrogen and oxygen atoms in total. The molecular formula is C31H28ClNO4. The van der Waals surface area contributed by atoms with Crippen LogP contribution in [-0.4, -0.2) is 0 Å². The molecule has 0 saturated heterocycles. The number of halogens is 1. The Balaban J connectivity index is 0.000000514. The minimum absolute atomic E-state index is 0.0372. The first kappa shape index (κ1) is 25.3. The van der Waals surface area contributed by atoms with Gasteiger partial charge in [0.05, 0.1) is 5.41 Å². The minimum Gasteiger partial charge on any atom is -0.222 e. The lowest BCUT2D eigenvalue weighted by Gasteiger charge is -2.22. The molecule has 3 aromatic carbocycles. The Morgan fingerprint density at radius 1 is 0.784 bits per heavy atom.